The van der Waals surface area contributed by atoms with Crippen LogP contribution in [0.15, 0.2) is 12.1 Å². The number of hydrogen-bond donors (Lipinski definition) is 2. The molecule has 0 aliphatic heterocycles. The van der Waals surface area contributed by atoms with E-state index in [0.29, 0.717) is 0 Å². The highest BCUT2D eigenvalue weighted by atomic mass is 16.4. The minimum Gasteiger partial charge on any atom is -0.423 e. The average Bonchev–Trinajstić information content (AvgIpc) is 2.25. The molecule has 0 fully saturated rings. The maximum absolute atomic E-state index is 9.09. The van der Waals surface area contributed by atoms with Gasteiger partial charge in [0.15, 0.2) is 0 Å². The first kappa shape index (κ1) is 3.12. The lowest BCUT2D eigenvalue weighted by molar-refractivity contribution is 0.425. The van der Waals surface area contributed by atoms with E-state index in [-0.39, 0.29) is 5.46 Å². The van der Waals surface area contributed by atoms with Gasteiger partial charge in [0.2, 0.25) is 0 Å². The molecule has 0 amide bonds. The highest BCUT2D eigenvalue weighted by Gasteiger charge is 2.11. The standard InChI is InChI=1S/C8H12BNO2/c1-3-8-5-7(9(11)12)4-6(2)10-8/h4-5,11-12H,3H2,1-2H3/i1D3,2D3,3D2. The van der Waals surface area contributed by atoms with Gasteiger partial charge in [0.05, 0.1) is 0 Å². The Labute approximate surface area is 83.5 Å². The molecule has 3 nitrogen and oxygen atoms in total. The number of nitrogens with zero attached hydrogens (tertiary/aromatic N) is 1. The summed E-state index contributed by atoms with van der Waals surface area (Å²) in [6, 6.07) is 1.70. The van der Waals surface area contributed by atoms with E-state index in [1.807, 2.05) is 0 Å². The van der Waals surface area contributed by atoms with Gasteiger partial charge in [-0.15, -0.1) is 0 Å². The van der Waals surface area contributed by atoms with Crippen molar-refractivity contribution >= 4 is 12.6 Å². The molecular formula is C8H12BNO2. The maximum atomic E-state index is 9.09. The first-order valence-corrected chi connectivity index (χ1v) is 3.16. The molecule has 0 unspecified atom stereocenters. The summed E-state index contributed by atoms with van der Waals surface area (Å²) in [5.74, 6) is 0. The smallest absolute Gasteiger partial charge is 0.423 e. The van der Waals surface area contributed by atoms with E-state index in [2.05, 4.69) is 4.98 Å². The zero-order valence-corrected chi connectivity index (χ0v) is 6.07. The molecule has 0 spiro atoms. The second kappa shape index (κ2) is 3.69. The summed E-state index contributed by atoms with van der Waals surface area (Å²) in [5.41, 5.74) is -1.63. The first-order valence-electron chi connectivity index (χ1n) is 7.16. The summed E-state index contributed by atoms with van der Waals surface area (Å²) in [4.78, 5) is 3.51. The molecule has 1 aromatic heterocycles. The van der Waals surface area contributed by atoms with Crippen LogP contribution in [-0.2, 0) is 6.37 Å². The minimum atomic E-state index is -3.08. The summed E-state index contributed by atoms with van der Waals surface area (Å²) >= 11 is 0. The molecule has 1 rings (SSSR count). The number of hydrogen-bond acceptors (Lipinski definition) is 3. The Balaban J connectivity index is 3.52. The lowest BCUT2D eigenvalue weighted by Crippen LogP contribution is -2.30. The van der Waals surface area contributed by atoms with E-state index in [4.69, 9.17) is 21.0 Å². The quantitative estimate of drug-likeness (QED) is 0.600. The number of aromatic nitrogens is 1. The number of rotatable bonds is 2. The van der Waals surface area contributed by atoms with Gasteiger partial charge in [0, 0.05) is 22.4 Å². The second-order valence-corrected chi connectivity index (χ2v) is 2.17. The van der Waals surface area contributed by atoms with Crippen molar-refractivity contribution in [1.29, 1.82) is 0 Å². The lowest BCUT2D eigenvalue weighted by atomic mass is 9.80. The van der Waals surface area contributed by atoms with Gasteiger partial charge < -0.3 is 10.0 Å². The molecule has 0 saturated carbocycles. The van der Waals surface area contributed by atoms with Crippen LogP contribution in [0.3, 0.4) is 0 Å². The van der Waals surface area contributed by atoms with Crippen molar-refractivity contribution in [1.82, 2.24) is 4.98 Å². The van der Waals surface area contributed by atoms with Gasteiger partial charge in [-0.25, -0.2) is 0 Å². The third-order valence-electron chi connectivity index (χ3n) is 1.27. The normalized spacial score (nSPS) is 23.2. The van der Waals surface area contributed by atoms with Gasteiger partial charge in [0.25, 0.3) is 0 Å². The molecule has 64 valence electrons. The van der Waals surface area contributed by atoms with Crippen LogP contribution in [0.4, 0.5) is 0 Å². The van der Waals surface area contributed by atoms with Crippen molar-refractivity contribution in [2.75, 3.05) is 0 Å². The third kappa shape index (κ3) is 2.06. The Morgan fingerprint density at radius 3 is 3.08 bits per heavy atom. The number of aryl methyl sites for hydroxylation is 2. The van der Waals surface area contributed by atoms with Gasteiger partial charge in [0.1, 0.15) is 0 Å². The van der Waals surface area contributed by atoms with E-state index < -0.39 is 38.6 Å². The average molecular weight is 173 g/mol. The number of pyridine rings is 1. The fraction of sp³-hybridized carbons (Fsp3) is 0.375. The molecule has 0 atom stereocenters. The molecule has 0 radical (unpaired) electrons. The molecule has 0 aliphatic rings. The van der Waals surface area contributed by atoms with Crippen LogP contribution >= 0.6 is 0 Å². The van der Waals surface area contributed by atoms with E-state index in [1.165, 1.54) is 0 Å². The maximum Gasteiger partial charge on any atom is 0.488 e. The molecule has 4 heteroatoms. The molecule has 0 aliphatic carbocycles. The summed E-state index contributed by atoms with van der Waals surface area (Å²) in [6.45, 7) is -5.81. The zero-order valence-electron chi connectivity index (χ0n) is 14.1. The van der Waals surface area contributed by atoms with Crippen LogP contribution in [0.5, 0.6) is 0 Å². The predicted octanol–water partition coefficient (Wildman–Crippen LogP) is -0.368. The molecule has 1 heterocycles. The highest BCUT2D eigenvalue weighted by molar-refractivity contribution is 6.58. The first-order chi connectivity index (χ1) is 8.76. The van der Waals surface area contributed by atoms with Crippen LogP contribution in [0.2, 0.25) is 0 Å². The summed E-state index contributed by atoms with van der Waals surface area (Å²) in [6.07, 6.45) is -2.92. The molecular weight excluding hydrogens is 153 g/mol. The fourth-order valence-electron chi connectivity index (χ4n) is 0.765. The van der Waals surface area contributed by atoms with E-state index >= 15 is 0 Å². The van der Waals surface area contributed by atoms with Gasteiger partial charge in [-0.1, -0.05) is 6.85 Å². The summed E-state index contributed by atoms with van der Waals surface area (Å²) < 4.78 is 58.1. The minimum absolute atomic E-state index is 0.339. The van der Waals surface area contributed by atoms with Crippen molar-refractivity contribution in [2.24, 2.45) is 0 Å². The predicted molar refractivity (Wildman–Crippen MR) is 48.2 cm³/mol. The van der Waals surface area contributed by atoms with Crippen molar-refractivity contribution in [3.8, 4) is 0 Å². The van der Waals surface area contributed by atoms with Gasteiger partial charge in [-0.05, 0) is 30.8 Å². The monoisotopic (exact) mass is 173 g/mol. The molecule has 1 aromatic rings. The fourth-order valence-corrected chi connectivity index (χ4v) is 0.765. The Hall–Kier alpha value is -0.865. The van der Waals surface area contributed by atoms with Crippen molar-refractivity contribution in [2.45, 2.75) is 20.1 Å². The molecule has 0 bridgehead atoms. The Bertz CT molecular complexity index is 498. The second-order valence-electron chi connectivity index (χ2n) is 2.17. The van der Waals surface area contributed by atoms with E-state index in [9.17, 15) is 0 Å². The van der Waals surface area contributed by atoms with Crippen LogP contribution in [0.25, 0.3) is 0 Å². The molecule has 0 saturated heterocycles. The SMILES string of the molecule is [2H]C([2H])([2H])c1cc(B(O)O)cc(C([2H])([2H])C([2H])([2H])[2H])n1. The van der Waals surface area contributed by atoms with Crippen LogP contribution in [0, 0.1) is 6.85 Å². The van der Waals surface area contributed by atoms with Gasteiger partial charge in [-0.2, -0.15) is 0 Å². The van der Waals surface area contributed by atoms with Crippen LogP contribution < -0.4 is 5.46 Å². The Morgan fingerprint density at radius 2 is 2.50 bits per heavy atom. The molecule has 12 heavy (non-hydrogen) atoms. The largest absolute Gasteiger partial charge is 0.488 e. The highest BCUT2D eigenvalue weighted by Crippen LogP contribution is 1.97. The summed E-state index contributed by atoms with van der Waals surface area (Å²) in [5, 5.41) is 18.2. The third-order valence-corrected chi connectivity index (χ3v) is 1.27. The van der Waals surface area contributed by atoms with Crippen LogP contribution in [0.1, 0.15) is 29.2 Å². The zero-order chi connectivity index (χ0) is 15.9. The molecule has 2 N–H and O–H groups in total. The lowest BCUT2D eigenvalue weighted by Gasteiger charge is -2.03. The Kier molecular flexibility index (Phi) is 0.961. The summed E-state index contributed by atoms with van der Waals surface area (Å²) in [7, 11) is -2.06. The van der Waals surface area contributed by atoms with E-state index in [0.717, 1.165) is 12.1 Å². The van der Waals surface area contributed by atoms with Crippen molar-refractivity contribution in [3.63, 3.8) is 0 Å². The topological polar surface area (TPSA) is 53.4 Å². The van der Waals surface area contributed by atoms with Crippen LogP contribution in [-0.4, -0.2) is 22.2 Å². The Morgan fingerprint density at radius 1 is 1.67 bits per heavy atom. The van der Waals surface area contributed by atoms with Crippen molar-refractivity contribution in [3.05, 3.63) is 23.5 Å². The van der Waals surface area contributed by atoms with Crippen molar-refractivity contribution < 1.29 is 21.0 Å². The van der Waals surface area contributed by atoms with Gasteiger partial charge >= 0.3 is 7.12 Å². The van der Waals surface area contributed by atoms with E-state index in [1.54, 1.807) is 0 Å². The van der Waals surface area contributed by atoms with Gasteiger partial charge in [-0.3, -0.25) is 4.98 Å². The molecule has 0 aromatic carbocycles.